The Kier molecular flexibility index (Phi) is 3.40. The molecule has 1 fully saturated rings. The number of tetrazole rings is 1. The fourth-order valence-electron chi connectivity index (χ4n) is 3.25. The number of aromatic nitrogens is 6. The average Bonchev–Trinajstić information content (AvgIpc) is 3.27. The van der Waals surface area contributed by atoms with Crippen LogP contribution in [0.4, 0.5) is 5.95 Å². The number of nitrogen functional groups attached to an aromatic ring is 1. The molecule has 2 aromatic heterocycles. The van der Waals surface area contributed by atoms with Gasteiger partial charge in [-0.3, -0.25) is 4.79 Å². The second-order valence-corrected chi connectivity index (χ2v) is 6.03. The van der Waals surface area contributed by atoms with Crippen molar-refractivity contribution in [2.45, 2.75) is 32.4 Å². The number of benzene rings is 1. The molecule has 0 unspecified atom stereocenters. The van der Waals surface area contributed by atoms with E-state index in [0.717, 1.165) is 35.3 Å². The third kappa shape index (κ3) is 2.38. The van der Waals surface area contributed by atoms with Crippen molar-refractivity contribution in [1.29, 1.82) is 0 Å². The number of hydrogen-bond acceptors (Lipinski definition) is 6. The zero-order chi connectivity index (χ0) is 16.7. The number of nitrogens with one attached hydrogen (secondary N) is 1. The first kappa shape index (κ1) is 14.6. The Morgan fingerprint density at radius 1 is 1.46 bits per heavy atom. The number of H-pyrrole nitrogens is 1. The van der Waals surface area contributed by atoms with E-state index < -0.39 is 0 Å². The topological polar surface area (TPSA) is 119 Å². The van der Waals surface area contributed by atoms with Crippen LogP contribution in [0.25, 0.3) is 11.0 Å². The van der Waals surface area contributed by atoms with Gasteiger partial charge in [0.1, 0.15) is 12.4 Å². The number of anilines is 1. The summed E-state index contributed by atoms with van der Waals surface area (Å²) in [7, 11) is 0. The first-order valence-electron chi connectivity index (χ1n) is 7.90. The number of aromatic amines is 1. The van der Waals surface area contributed by atoms with Crippen molar-refractivity contribution in [2.24, 2.45) is 0 Å². The first-order valence-corrected chi connectivity index (χ1v) is 7.90. The standard InChI is InChI=1S/C15H18N8O/c1-9-4-2-5-10-13(9)18-14(17-10)11-6-3-7-22(11)12(24)8-23-15(16)19-20-21-23/h2,4-5,11H,3,6-8H2,1H3,(H,17,18)(H2,16,19,21)/t11-/m1/s1. The molecule has 3 aromatic rings. The Morgan fingerprint density at radius 2 is 2.33 bits per heavy atom. The predicted octanol–water partition coefficient (Wildman–Crippen LogP) is 0.804. The number of carbonyl (C=O) groups excluding carboxylic acids is 1. The number of amides is 1. The quantitative estimate of drug-likeness (QED) is 0.735. The summed E-state index contributed by atoms with van der Waals surface area (Å²) < 4.78 is 1.31. The molecular weight excluding hydrogens is 308 g/mol. The molecule has 3 N–H and O–H groups in total. The summed E-state index contributed by atoms with van der Waals surface area (Å²) in [5, 5.41) is 10.8. The SMILES string of the molecule is Cc1cccc2[nH]c([C@H]3CCCN3C(=O)Cn3nnnc3N)nc12. The van der Waals surface area contributed by atoms with E-state index in [1.165, 1.54) is 4.68 Å². The van der Waals surface area contributed by atoms with Crippen molar-refractivity contribution in [3.05, 3.63) is 29.6 Å². The number of fused-ring (bicyclic) bond motifs is 1. The highest BCUT2D eigenvalue weighted by Crippen LogP contribution is 2.32. The van der Waals surface area contributed by atoms with Gasteiger partial charge >= 0.3 is 0 Å². The fourth-order valence-corrected chi connectivity index (χ4v) is 3.25. The minimum absolute atomic E-state index is 0.0363. The van der Waals surface area contributed by atoms with Gasteiger partial charge in [-0.1, -0.05) is 17.2 Å². The van der Waals surface area contributed by atoms with Gasteiger partial charge in [0.05, 0.1) is 17.1 Å². The second-order valence-electron chi connectivity index (χ2n) is 6.03. The Balaban J connectivity index is 1.60. The van der Waals surface area contributed by atoms with Gasteiger partial charge in [-0.2, -0.15) is 0 Å². The maximum atomic E-state index is 12.6. The molecule has 24 heavy (non-hydrogen) atoms. The number of para-hydroxylation sites is 1. The van der Waals surface area contributed by atoms with Crippen LogP contribution in [-0.2, 0) is 11.3 Å². The van der Waals surface area contributed by atoms with Gasteiger partial charge < -0.3 is 15.6 Å². The lowest BCUT2D eigenvalue weighted by molar-refractivity contribution is -0.133. The number of carbonyl (C=O) groups is 1. The highest BCUT2D eigenvalue weighted by Gasteiger charge is 2.32. The van der Waals surface area contributed by atoms with Crippen LogP contribution in [0.2, 0.25) is 0 Å². The van der Waals surface area contributed by atoms with Gasteiger partial charge in [-0.05, 0) is 41.8 Å². The normalized spacial score (nSPS) is 17.7. The predicted molar refractivity (Wildman–Crippen MR) is 86.7 cm³/mol. The van der Waals surface area contributed by atoms with E-state index in [1.807, 2.05) is 30.0 Å². The number of nitrogens with two attached hydrogens (primary N) is 1. The number of likely N-dealkylation sites (tertiary alicyclic amines) is 1. The van der Waals surface area contributed by atoms with Crippen LogP contribution in [0.1, 0.15) is 30.3 Å². The van der Waals surface area contributed by atoms with E-state index in [9.17, 15) is 4.79 Å². The lowest BCUT2D eigenvalue weighted by atomic mass is 10.2. The van der Waals surface area contributed by atoms with Gasteiger partial charge in [-0.25, -0.2) is 9.67 Å². The van der Waals surface area contributed by atoms with Gasteiger partial charge in [0.15, 0.2) is 0 Å². The largest absolute Gasteiger partial charge is 0.367 e. The summed E-state index contributed by atoms with van der Waals surface area (Å²) in [4.78, 5) is 22.5. The third-order valence-corrected chi connectivity index (χ3v) is 4.47. The zero-order valence-electron chi connectivity index (χ0n) is 13.3. The molecule has 1 aromatic carbocycles. The molecule has 0 radical (unpaired) electrons. The lowest BCUT2D eigenvalue weighted by Crippen LogP contribution is -2.34. The Bertz CT molecular complexity index is 898. The zero-order valence-corrected chi connectivity index (χ0v) is 13.3. The molecule has 9 heteroatoms. The van der Waals surface area contributed by atoms with Crippen LogP contribution >= 0.6 is 0 Å². The average molecular weight is 326 g/mol. The Hall–Kier alpha value is -2.97. The van der Waals surface area contributed by atoms with Crippen molar-refractivity contribution in [3.8, 4) is 0 Å². The highest BCUT2D eigenvalue weighted by atomic mass is 16.2. The van der Waals surface area contributed by atoms with Crippen LogP contribution in [0.15, 0.2) is 18.2 Å². The molecule has 1 amide bonds. The van der Waals surface area contributed by atoms with Crippen molar-refractivity contribution in [1.82, 2.24) is 35.1 Å². The van der Waals surface area contributed by atoms with Crippen molar-refractivity contribution < 1.29 is 4.79 Å². The van der Waals surface area contributed by atoms with Crippen molar-refractivity contribution >= 4 is 22.9 Å². The van der Waals surface area contributed by atoms with E-state index in [2.05, 4.69) is 20.5 Å². The summed E-state index contributed by atoms with van der Waals surface area (Å²) in [6.45, 7) is 2.77. The minimum atomic E-state index is -0.0614. The monoisotopic (exact) mass is 326 g/mol. The van der Waals surface area contributed by atoms with Crippen LogP contribution in [0.3, 0.4) is 0 Å². The highest BCUT2D eigenvalue weighted by molar-refractivity contribution is 5.79. The fraction of sp³-hybridized carbons (Fsp3) is 0.400. The van der Waals surface area contributed by atoms with Gasteiger partial charge in [0.2, 0.25) is 11.9 Å². The number of rotatable bonds is 3. The Morgan fingerprint density at radius 3 is 3.08 bits per heavy atom. The number of hydrogen-bond donors (Lipinski definition) is 2. The molecule has 0 bridgehead atoms. The molecule has 0 aliphatic carbocycles. The molecule has 1 aliphatic rings. The molecule has 4 rings (SSSR count). The number of aryl methyl sites for hydroxylation is 1. The summed E-state index contributed by atoms with van der Waals surface area (Å²) in [6, 6.07) is 5.98. The molecule has 1 aliphatic heterocycles. The second kappa shape index (κ2) is 5.59. The van der Waals surface area contributed by atoms with E-state index in [0.29, 0.717) is 6.54 Å². The molecule has 0 saturated carbocycles. The molecule has 3 heterocycles. The molecule has 9 nitrogen and oxygen atoms in total. The molecular formula is C15H18N8O. The van der Waals surface area contributed by atoms with Crippen LogP contribution in [0, 0.1) is 6.92 Å². The van der Waals surface area contributed by atoms with Crippen molar-refractivity contribution in [2.75, 3.05) is 12.3 Å². The summed E-state index contributed by atoms with van der Waals surface area (Å²) >= 11 is 0. The molecule has 1 atom stereocenters. The van der Waals surface area contributed by atoms with Gasteiger partial charge in [0.25, 0.3) is 0 Å². The maximum Gasteiger partial charge on any atom is 0.245 e. The summed E-state index contributed by atoms with van der Waals surface area (Å²) in [5.41, 5.74) is 8.71. The Labute approximate surface area is 137 Å². The number of nitrogens with zero attached hydrogens (tertiary/aromatic N) is 6. The summed E-state index contributed by atoms with van der Waals surface area (Å²) in [5.74, 6) is 0.905. The number of imidazole rings is 1. The van der Waals surface area contributed by atoms with Gasteiger partial charge in [0, 0.05) is 6.54 Å². The molecule has 0 spiro atoms. The maximum absolute atomic E-state index is 12.6. The first-order chi connectivity index (χ1) is 11.6. The minimum Gasteiger partial charge on any atom is -0.367 e. The van der Waals surface area contributed by atoms with Gasteiger partial charge in [-0.15, -0.1) is 0 Å². The van der Waals surface area contributed by atoms with Crippen LogP contribution in [0.5, 0.6) is 0 Å². The smallest absolute Gasteiger partial charge is 0.245 e. The van der Waals surface area contributed by atoms with E-state index in [4.69, 9.17) is 10.7 Å². The molecule has 124 valence electrons. The lowest BCUT2D eigenvalue weighted by Gasteiger charge is -2.23. The van der Waals surface area contributed by atoms with E-state index in [-0.39, 0.29) is 24.4 Å². The summed E-state index contributed by atoms with van der Waals surface area (Å²) in [6.07, 6.45) is 1.83. The third-order valence-electron chi connectivity index (χ3n) is 4.47. The molecule has 1 saturated heterocycles. The van der Waals surface area contributed by atoms with E-state index in [1.54, 1.807) is 0 Å². The van der Waals surface area contributed by atoms with Crippen LogP contribution < -0.4 is 5.73 Å². The van der Waals surface area contributed by atoms with E-state index >= 15 is 0 Å². The van der Waals surface area contributed by atoms with Crippen molar-refractivity contribution in [3.63, 3.8) is 0 Å². The van der Waals surface area contributed by atoms with Crippen LogP contribution in [-0.4, -0.2) is 47.5 Å².